The maximum absolute atomic E-state index is 12.5. The number of halogens is 1. The van der Waals surface area contributed by atoms with Gasteiger partial charge >= 0.3 is 12.1 Å². The number of hydrogen-bond acceptors (Lipinski definition) is 4. The van der Waals surface area contributed by atoms with E-state index in [2.05, 4.69) is 5.32 Å². The fraction of sp³-hybridized carbons (Fsp3) is 0.263. The van der Waals surface area contributed by atoms with E-state index in [4.69, 9.17) is 22.1 Å². The quantitative estimate of drug-likeness (QED) is 0.658. The molecule has 0 spiro atoms. The number of ether oxygens (including phenoxy) is 1. The molecule has 0 radical (unpaired) electrons. The molecule has 1 aliphatic rings. The number of amides is 4. The zero-order valence-electron chi connectivity index (χ0n) is 15.0. The van der Waals surface area contributed by atoms with E-state index < -0.39 is 12.1 Å². The molecule has 0 saturated carbocycles. The Bertz CT molecular complexity index is 829. The van der Waals surface area contributed by atoms with Crippen LogP contribution in [0.3, 0.4) is 0 Å². The molecule has 1 heterocycles. The van der Waals surface area contributed by atoms with E-state index in [1.165, 1.54) is 0 Å². The molecule has 148 valence electrons. The van der Waals surface area contributed by atoms with Crippen LogP contribution in [0.5, 0.6) is 5.75 Å². The van der Waals surface area contributed by atoms with Crippen LogP contribution in [0.4, 0.5) is 21.0 Å². The van der Waals surface area contributed by atoms with Crippen LogP contribution in [0, 0.1) is 0 Å². The second kappa shape index (κ2) is 8.81. The summed E-state index contributed by atoms with van der Waals surface area (Å²) in [6, 6.07) is 12.8. The largest absolute Gasteiger partial charge is 0.491 e. The average molecular weight is 405 g/mol. The molecule has 1 saturated heterocycles. The van der Waals surface area contributed by atoms with Crippen molar-refractivity contribution in [2.45, 2.75) is 6.10 Å². The average Bonchev–Trinajstić information content (AvgIpc) is 3.02. The van der Waals surface area contributed by atoms with E-state index in [0.717, 1.165) is 5.69 Å². The first-order valence-corrected chi connectivity index (χ1v) is 9.09. The molecule has 1 unspecified atom stereocenters. The Morgan fingerprint density at radius 1 is 1.18 bits per heavy atom. The van der Waals surface area contributed by atoms with Crippen molar-refractivity contribution >= 4 is 35.0 Å². The van der Waals surface area contributed by atoms with Gasteiger partial charge in [-0.1, -0.05) is 11.6 Å². The van der Waals surface area contributed by atoms with E-state index in [1.807, 2.05) is 0 Å². The molecule has 2 aromatic rings. The van der Waals surface area contributed by atoms with Crippen LogP contribution in [-0.4, -0.2) is 54.4 Å². The van der Waals surface area contributed by atoms with Gasteiger partial charge in [0.25, 0.3) is 0 Å². The zero-order chi connectivity index (χ0) is 20.1. The number of primary amides is 1. The van der Waals surface area contributed by atoms with Gasteiger partial charge < -0.3 is 25.8 Å². The van der Waals surface area contributed by atoms with Crippen LogP contribution >= 0.6 is 11.6 Å². The van der Waals surface area contributed by atoms with Crippen LogP contribution in [-0.2, 0) is 0 Å². The summed E-state index contributed by atoms with van der Waals surface area (Å²) in [4.78, 5) is 26.6. The van der Waals surface area contributed by atoms with Crippen molar-refractivity contribution in [1.82, 2.24) is 4.90 Å². The normalized spacial score (nSPS) is 14.9. The van der Waals surface area contributed by atoms with E-state index in [1.54, 1.807) is 58.3 Å². The minimum Gasteiger partial charge on any atom is -0.491 e. The molecule has 2 aromatic carbocycles. The van der Waals surface area contributed by atoms with Crippen LogP contribution in [0.25, 0.3) is 0 Å². The summed E-state index contributed by atoms with van der Waals surface area (Å²) in [5.41, 5.74) is 6.36. The number of carbonyl (C=O) groups is 2. The molecule has 3 rings (SSSR count). The van der Waals surface area contributed by atoms with Crippen molar-refractivity contribution in [1.29, 1.82) is 0 Å². The van der Waals surface area contributed by atoms with Gasteiger partial charge in [0.2, 0.25) is 0 Å². The lowest BCUT2D eigenvalue weighted by Crippen LogP contribution is -2.39. The van der Waals surface area contributed by atoms with Gasteiger partial charge in [0.05, 0.1) is 6.54 Å². The molecule has 0 bridgehead atoms. The highest BCUT2D eigenvalue weighted by atomic mass is 35.5. The highest BCUT2D eigenvalue weighted by Crippen LogP contribution is 2.22. The maximum Gasteiger partial charge on any atom is 0.324 e. The molecule has 1 fully saturated rings. The van der Waals surface area contributed by atoms with Crippen LogP contribution in [0.15, 0.2) is 48.5 Å². The molecular formula is C19H21ClN4O4. The summed E-state index contributed by atoms with van der Waals surface area (Å²) >= 11 is 5.88. The predicted octanol–water partition coefficient (Wildman–Crippen LogP) is 2.51. The zero-order valence-corrected chi connectivity index (χ0v) is 15.8. The topological polar surface area (TPSA) is 108 Å². The molecule has 1 atom stereocenters. The number of carbonyl (C=O) groups excluding carboxylic acids is 2. The fourth-order valence-corrected chi connectivity index (χ4v) is 3.01. The smallest absolute Gasteiger partial charge is 0.324 e. The molecule has 0 aliphatic carbocycles. The summed E-state index contributed by atoms with van der Waals surface area (Å²) in [7, 11) is 0. The molecule has 28 heavy (non-hydrogen) atoms. The number of aliphatic hydroxyl groups is 1. The lowest BCUT2D eigenvalue weighted by molar-refractivity contribution is 0.0829. The Labute approximate surface area is 167 Å². The van der Waals surface area contributed by atoms with E-state index in [9.17, 15) is 14.7 Å². The third-order valence-electron chi connectivity index (χ3n) is 4.23. The minimum absolute atomic E-state index is 0.0350. The van der Waals surface area contributed by atoms with Crippen molar-refractivity contribution in [3.8, 4) is 5.75 Å². The Morgan fingerprint density at radius 2 is 1.86 bits per heavy atom. The highest BCUT2D eigenvalue weighted by molar-refractivity contribution is 6.30. The highest BCUT2D eigenvalue weighted by Gasteiger charge is 2.30. The molecule has 4 N–H and O–H groups in total. The van der Waals surface area contributed by atoms with E-state index >= 15 is 0 Å². The van der Waals surface area contributed by atoms with E-state index in [-0.39, 0.29) is 19.2 Å². The number of aliphatic hydroxyl groups excluding tert-OH is 1. The third kappa shape index (κ3) is 5.05. The molecule has 8 nitrogen and oxygen atoms in total. The minimum atomic E-state index is -0.836. The Morgan fingerprint density at radius 3 is 2.50 bits per heavy atom. The number of rotatable bonds is 7. The summed E-state index contributed by atoms with van der Waals surface area (Å²) in [5, 5.41) is 13.3. The first-order chi connectivity index (χ1) is 13.4. The number of nitrogens with one attached hydrogen (secondary N) is 1. The van der Waals surface area contributed by atoms with Gasteiger partial charge in [-0.2, -0.15) is 0 Å². The molecule has 1 aliphatic heterocycles. The number of β-amino-alcohol motifs (C(OH)–C–C–N with tert-alkyl or cyclic N) is 1. The molecule has 0 aromatic heterocycles. The lowest BCUT2D eigenvalue weighted by Gasteiger charge is -2.21. The van der Waals surface area contributed by atoms with Crippen molar-refractivity contribution < 1.29 is 19.4 Å². The number of benzene rings is 2. The Hall–Kier alpha value is -2.97. The van der Waals surface area contributed by atoms with Crippen LogP contribution in [0.1, 0.15) is 0 Å². The van der Waals surface area contributed by atoms with Crippen molar-refractivity contribution in [2.75, 3.05) is 36.5 Å². The monoisotopic (exact) mass is 404 g/mol. The predicted molar refractivity (Wildman–Crippen MR) is 107 cm³/mol. The van der Waals surface area contributed by atoms with Crippen molar-refractivity contribution in [3.05, 3.63) is 53.6 Å². The van der Waals surface area contributed by atoms with Gasteiger partial charge in [0.1, 0.15) is 18.5 Å². The maximum atomic E-state index is 12.5. The van der Waals surface area contributed by atoms with Gasteiger partial charge in [-0.05, 0) is 48.5 Å². The van der Waals surface area contributed by atoms with Crippen molar-refractivity contribution in [2.24, 2.45) is 5.73 Å². The standard InChI is InChI=1S/C19H21ClN4O4/c20-13-1-5-15(6-2-13)24-10-9-23(19(24)27)11-16(25)12-28-17-7-3-14(4-8-17)22-18(21)26/h1-8,16,25H,9-12H2,(H3,21,22,26). The molecule has 4 amide bonds. The SMILES string of the molecule is NC(=O)Nc1ccc(OCC(O)CN2CCN(c3ccc(Cl)cc3)C2=O)cc1. The Balaban J connectivity index is 1.48. The number of anilines is 2. The van der Waals surface area contributed by atoms with Crippen molar-refractivity contribution in [3.63, 3.8) is 0 Å². The first-order valence-electron chi connectivity index (χ1n) is 8.72. The molecule has 9 heteroatoms. The summed E-state index contributed by atoms with van der Waals surface area (Å²) < 4.78 is 5.54. The first kappa shape index (κ1) is 19.8. The third-order valence-corrected chi connectivity index (χ3v) is 4.48. The van der Waals surface area contributed by atoms with Gasteiger partial charge in [-0.15, -0.1) is 0 Å². The van der Waals surface area contributed by atoms with E-state index in [0.29, 0.717) is 29.5 Å². The second-order valence-corrected chi connectivity index (χ2v) is 6.77. The number of nitrogens with two attached hydrogens (primary N) is 1. The second-order valence-electron chi connectivity index (χ2n) is 6.34. The summed E-state index contributed by atoms with van der Waals surface area (Å²) in [6.45, 7) is 1.27. The van der Waals surface area contributed by atoms with Gasteiger partial charge in [-0.25, -0.2) is 9.59 Å². The van der Waals surface area contributed by atoms with Gasteiger partial charge in [0, 0.05) is 29.5 Å². The van der Waals surface area contributed by atoms with Gasteiger partial charge in [-0.3, -0.25) is 4.90 Å². The number of nitrogens with zero attached hydrogens (tertiary/aromatic N) is 2. The number of hydrogen-bond donors (Lipinski definition) is 3. The molecular weight excluding hydrogens is 384 g/mol. The summed E-state index contributed by atoms with van der Waals surface area (Å²) in [6.07, 6.45) is -0.836. The fourth-order valence-electron chi connectivity index (χ4n) is 2.89. The van der Waals surface area contributed by atoms with Crippen LogP contribution < -0.4 is 20.7 Å². The Kier molecular flexibility index (Phi) is 6.23. The van der Waals surface area contributed by atoms with Crippen LogP contribution in [0.2, 0.25) is 5.02 Å². The summed E-state index contributed by atoms with van der Waals surface area (Å²) in [5.74, 6) is 0.532. The lowest BCUT2D eigenvalue weighted by atomic mass is 10.3. The number of urea groups is 2. The van der Waals surface area contributed by atoms with Gasteiger partial charge in [0.15, 0.2) is 0 Å².